The summed E-state index contributed by atoms with van der Waals surface area (Å²) in [4.78, 5) is 19.5. The standard InChI is InChI=1S/C23H27N5O2/c1-2-28-17-18(14-25-28)16-27-13-7-6-10-21(27)23(29)26-19-11-12-22(24-15-19)30-20-8-4-3-5-9-20/h3-5,8-9,11-12,14-15,17,21H,2,6-7,10,13,16H2,1H3,(H,26,29)/t21-/m1/s1. The molecule has 1 amide bonds. The molecule has 0 radical (unpaired) electrons. The van der Waals surface area contributed by atoms with Crippen LogP contribution in [0.15, 0.2) is 61.1 Å². The van der Waals surface area contributed by atoms with Crippen LogP contribution in [-0.4, -0.2) is 38.2 Å². The smallest absolute Gasteiger partial charge is 0.241 e. The molecule has 30 heavy (non-hydrogen) atoms. The lowest BCUT2D eigenvalue weighted by Gasteiger charge is -2.34. The molecule has 2 aromatic heterocycles. The third-order valence-corrected chi connectivity index (χ3v) is 5.28. The zero-order valence-electron chi connectivity index (χ0n) is 17.2. The van der Waals surface area contributed by atoms with Crippen LogP contribution in [0.25, 0.3) is 0 Å². The summed E-state index contributed by atoms with van der Waals surface area (Å²) in [5.74, 6) is 1.23. The van der Waals surface area contributed by atoms with E-state index in [-0.39, 0.29) is 11.9 Å². The van der Waals surface area contributed by atoms with Crippen molar-refractivity contribution in [3.05, 3.63) is 66.6 Å². The number of aryl methyl sites for hydroxylation is 1. The van der Waals surface area contributed by atoms with Gasteiger partial charge in [-0.2, -0.15) is 5.10 Å². The molecule has 0 spiro atoms. The Kier molecular flexibility index (Phi) is 6.39. The number of rotatable bonds is 7. The van der Waals surface area contributed by atoms with E-state index in [0.29, 0.717) is 11.6 Å². The minimum Gasteiger partial charge on any atom is -0.439 e. The minimum absolute atomic E-state index is 0.0103. The van der Waals surface area contributed by atoms with E-state index in [1.807, 2.05) is 47.3 Å². The highest BCUT2D eigenvalue weighted by molar-refractivity contribution is 5.94. The molecule has 1 fully saturated rings. The molecule has 0 saturated carbocycles. The lowest BCUT2D eigenvalue weighted by molar-refractivity contribution is -0.122. The molecule has 156 valence electrons. The molecule has 7 heteroatoms. The van der Waals surface area contributed by atoms with Crippen molar-refractivity contribution in [2.45, 2.75) is 45.3 Å². The molecule has 0 unspecified atom stereocenters. The predicted molar refractivity (Wildman–Crippen MR) is 115 cm³/mol. The van der Waals surface area contributed by atoms with Gasteiger partial charge in [-0.05, 0) is 44.5 Å². The van der Waals surface area contributed by atoms with Gasteiger partial charge in [-0.1, -0.05) is 24.6 Å². The van der Waals surface area contributed by atoms with Gasteiger partial charge in [-0.15, -0.1) is 0 Å². The summed E-state index contributed by atoms with van der Waals surface area (Å²) in [7, 11) is 0. The highest BCUT2D eigenvalue weighted by Crippen LogP contribution is 2.23. The molecular weight excluding hydrogens is 378 g/mol. The molecule has 0 bridgehead atoms. The zero-order chi connectivity index (χ0) is 20.8. The Labute approximate surface area is 176 Å². The van der Waals surface area contributed by atoms with Crippen molar-refractivity contribution in [3.8, 4) is 11.6 Å². The normalized spacial score (nSPS) is 16.9. The van der Waals surface area contributed by atoms with Gasteiger partial charge in [-0.3, -0.25) is 14.4 Å². The fraction of sp³-hybridized carbons (Fsp3) is 0.348. The van der Waals surface area contributed by atoms with Gasteiger partial charge in [0.25, 0.3) is 0 Å². The van der Waals surface area contributed by atoms with Gasteiger partial charge in [-0.25, -0.2) is 4.98 Å². The average Bonchev–Trinajstić information content (AvgIpc) is 3.24. The van der Waals surface area contributed by atoms with Crippen LogP contribution in [0.3, 0.4) is 0 Å². The molecule has 1 aromatic carbocycles. The first kappa shape index (κ1) is 20.1. The van der Waals surface area contributed by atoms with Crippen LogP contribution >= 0.6 is 0 Å². The van der Waals surface area contributed by atoms with Crippen LogP contribution in [-0.2, 0) is 17.9 Å². The average molecular weight is 406 g/mol. The number of para-hydroxylation sites is 1. The number of carbonyl (C=O) groups excluding carboxylic acids is 1. The lowest BCUT2D eigenvalue weighted by Crippen LogP contribution is -2.46. The zero-order valence-corrected chi connectivity index (χ0v) is 17.2. The van der Waals surface area contributed by atoms with Crippen molar-refractivity contribution < 1.29 is 9.53 Å². The number of pyridine rings is 1. The summed E-state index contributed by atoms with van der Waals surface area (Å²) in [5, 5.41) is 7.36. The van der Waals surface area contributed by atoms with Gasteiger partial charge in [0, 0.05) is 30.9 Å². The van der Waals surface area contributed by atoms with E-state index in [0.717, 1.165) is 50.2 Å². The molecular formula is C23H27N5O2. The van der Waals surface area contributed by atoms with Crippen molar-refractivity contribution in [1.29, 1.82) is 0 Å². The van der Waals surface area contributed by atoms with E-state index in [4.69, 9.17) is 4.74 Å². The van der Waals surface area contributed by atoms with Gasteiger partial charge in [0.05, 0.1) is 24.1 Å². The van der Waals surface area contributed by atoms with Crippen molar-refractivity contribution in [2.75, 3.05) is 11.9 Å². The Morgan fingerprint density at radius 3 is 2.77 bits per heavy atom. The summed E-state index contributed by atoms with van der Waals surface area (Å²) in [5.41, 5.74) is 1.81. The summed E-state index contributed by atoms with van der Waals surface area (Å²) < 4.78 is 7.63. The van der Waals surface area contributed by atoms with Crippen molar-refractivity contribution in [3.63, 3.8) is 0 Å². The number of anilines is 1. The highest BCUT2D eigenvalue weighted by Gasteiger charge is 2.29. The van der Waals surface area contributed by atoms with Gasteiger partial charge in [0.15, 0.2) is 0 Å². The van der Waals surface area contributed by atoms with E-state index < -0.39 is 0 Å². The molecule has 1 aliphatic heterocycles. The van der Waals surface area contributed by atoms with E-state index in [1.54, 1.807) is 12.3 Å². The number of ether oxygens (including phenoxy) is 1. The topological polar surface area (TPSA) is 72.3 Å². The van der Waals surface area contributed by atoms with Crippen molar-refractivity contribution in [2.24, 2.45) is 0 Å². The first-order valence-corrected chi connectivity index (χ1v) is 10.5. The Hall–Kier alpha value is -3.19. The van der Waals surface area contributed by atoms with Gasteiger partial charge in [0.2, 0.25) is 11.8 Å². The highest BCUT2D eigenvalue weighted by atomic mass is 16.5. The Morgan fingerprint density at radius 1 is 1.17 bits per heavy atom. The fourth-order valence-electron chi connectivity index (χ4n) is 3.72. The van der Waals surface area contributed by atoms with Crippen molar-refractivity contribution >= 4 is 11.6 Å². The van der Waals surface area contributed by atoms with E-state index >= 15 is 0 Å². The Bertz CT molecular complexity index is 955. The van der Waals surface area contributed by atoms with E-state index in [2.05, 4.69) is 33.4 Å². The molecule has 1 saturated heterocycles. The summed E-state index contributed by atoms with van der Waals surface area (Å²) in [6.45, 7) is 4.57. The second kappa shape index (κ2) is 9.54. The van der Waals surface area contributed by atoms with Gasteiger partial charge >= 0.3 is 0 Å². The maximum atomic E-state index is 13.0. The maximum Gasteiger partial charge on any atom is 0.241 e. The van der Waals surface area contributed by atoms with Gasteiger partial charge in [0.1, 0.15) is 5.75 Å². The fourth-order valence-corrected chi connectivity index (χ4v) is 3.72. The molecule has 7 nitrogen and oxygen atoms in total. The van der Waals surface area contributed by atoms with Crippen LogP contribution in [0.5, 0.6) is 11.6 Å². The van der Waals surface area contributed by atoms with Crippen LogP contribution in [0.2, 0.25) is 0 Å². The SMILES string of the molecule is CCn1cc(CN2CCCC[C@@H]2C(=O)Nc2ccc(Oc3ccccc3)nc2)cn1. The van der Waals surface area contributed by atoms with E-state index in [1.165, 1.54) is 0 Å². The Morgan fingerprint density at radius 2 is 2.03 bits per heavy atom. The number of hydrogen-bond donors (Lipinski definition) is 1. The first-order chi connectivity index (χ1) is 14.7. The molecule has 1 atom stereocenters. The molecule has 1 N–H and O–H groups in total. The largest absolute Gasteiger partial charge is 0.439 e. The number of benzene rings is 1. The van der Waals surface area contributed by atoms with Crippen LogP contribution in [0.1, 0.15) is 31.7 Å². The second-order valence-corrected chi connectivity index (χ2v) is 7.48. The second-order valence-electron chi connectivity index (χ2n) is 7.48. The number of likely N-dealkylation sites (tertiary alicyclic amines) is 1. The predicted octanol–water partition coefficient (Wildman–Crippen LogP) is 4.08. The number of nitrogens with one attached hydrogen (secondary N) is 1. The quantitative estimate of drug-likeness (QED) is 0.641. The van der Waals surface area contributed by atoms with E-state index in [9.17, 15) is 4.79 Å². The number of amides is 1. The summed E-state index contributed by atoms with van der Waals surface area (Å²) in [6.07, 6.45) is 8.61. The number of carbonyl (C=O) groups is 1. The monoisotopic (exact) mass is 405 g/mol. The lowest BCUT2D eigenvalue weighted by atomic mass is 10.0. The minimum atomic E-state index is -0.149. The maximum absolute atomic E-state index is 13.0. The summed E-state index contributed by atoms with van der Waals surface area (Å²) >= 11 is 0. The number of hydrogen-bond acceptors (Lipinski definition) is 5. The van der Waals surface area contributed by atoms with Crippen molar-refractivity contribution in [1.82, 2.24) is 19.7 Å². The number of nitrogens with zero attached hydrogens (tertiary/aromatic N) is 4. The van der Waals surface area contributed by atoms with Crippen LogP contribution in [0.4, 0.5) is 5.69 Å². The van der Waals surface area contributed by atoms with Crippen LogP contribution in [0, 0.1) is 0 Å². The summed E-state index contributed by atoms with van der Waals surface area (Å²) in [6, 6.07) is 12.9. The third-order valence-electron chi connectivity index (χ3n) is 5.28. The Balaban J connectivity index is 1.37. The first-order valence-electron chi connectivity index (χ1n) is 10.5. The molecule has 3 aromatic rings. The van der Waals surface area contributed by atoms with Gasteiger partial charge < -0.3 is 10.1 Å². The molecule has 3 heterocycles. The molecule has 0 aliphatic carbocycles. The molecule has 4 rings (SSSR count). The third kappa shape index (κ3) is 5.04. The molecule has 1 aliphatic rings. The van der Waals surface area contributed by atoms with Crippen LogP contribution < -0.4 is 10.1 Å². The number of aromatic nitrogens is 3. The number of piperidine rings is 1.